The quantitative estimate of drug-likeness (QED) is 0.0197. The third-order valence-electron chi connectivity index (χ3n) is 12.3. The summed E-state index contributed by atoms with van der Waals surface area (Å²) in [7, 11) is -4.81. The van der Waals surface area contributed by atoms with Gasteiger partial charge in [-0.05, 0) is 135 Å². The van der Waals surface area contributed by atoms with Gasteiger partial charge in [0.25, 0.3) is 0 Å². The number of carbonyl (C=O) groups is 3. The largest absolute Gasteiger partial charge is 0.472 e. The van der Waals surface area contributed by atoms with Crippen molar-refractivity contribution in [2.24, 2.45) is 0 Å². The topological polar surface area (TPSA) is 155 Å². The molecule has 0 rings (SSSR count). The van der Waals surface area contributed by atoms with E-state index >= 15 is 0 Å². The van der Waals surface area contributed by atoms with Crippen molar-refractivity contribution in [3.63, 3.8) is 0 Å². The molecule has 0 aromatic carbocycles. The Morgan fingerprint density at radius 2 is 0.643 bits per heavy atom. The number of hydrogen-bond donors (Lipinski definition) is 2. The van der Waals surface area contributed by atoms with Gasteiger partial charge in [-0.2, -0.15) is 0 Å². The SMILES string of the molecule is CC/C=C\C/C=C\C/C=C\C/C=C\C/C=C\C/C=C\CCC(=O)OC(CO)COP(=O)(O)OCC(COC(=O)CCCCCCCC/C=C\C/C=C\C/C=C\CCCCC)OC(=O)CC/C=C\C/C=C\C/C=C\C/C=C\C/C=C\C/C=C\CC. The van der Waals surface area contributed by atoms with E-state index in [0.29, 0.717) is 32.1 Å². The molecule has 84 heavy (non-hydrogen) atoms. The third kappa shape index (κ3) is 61.1. The van der Waals surface area contributed by atoms with E-state index < -0.39 is 64.4 Å². The van der Waals surface area contributed by atoms with Gasteiger partial charge < -0.3 is 24.2 Å². The predicted octanol–water partition coefficient (Wildman–Crippen LogP) is 19.6. The summed E-state index contributed by atoms with van der Waals surface area (Å²) in [6, 6.07) is 0. The summed E-state index contributed by atoms with van der Waals surface area (Å²) < 4.78 is 39.5. The van der Waals surface area contributed by atoms with E-state index in [0.717, 1.165) is 116 Å². The highest BCUT2D eigenvalue weighted by Gasteiger charge is 2.28. The number of aliphatic hydroxyl groups excluding tert-OH is 1. The molecular formula is C72H111O11P. The molecule has 470 valence electrons. The highest BCUT2D eigenvalue weighted by molar-refractivity contribution is 7.47. The molecule has 0 fully saturated rings. The molecule has 0 bridgehead atoms. The Labute approximate surface area is 509 Å². The molecule has 0 spiro atoms. The second-order valence-electron chi connectivity index (χ2n) is 20.1. The summed E-state index contributed by atoms with van der Waals surface area (Å²) in [4.78, 5) is 48.7. The van der Waals surface area contributed by atoms with Crippen molar-refractivity contribution in [2.45, 2.75) is 226 Å². The van der Waals surface area contributed by atoms with Crippen LogP contribution in [0.15, 0.2) is 182 Å². The van der Waals surface area contributed by atoms with Crippen LogP contribution in [0.4, 0.5) is 0 Å². The summed E-state index contributed by atoms with van der Waals surface area (Å²) in [5, 5.41) is 9.84. The van der Waals surface area contributed by atoms with Gasteiger partial charge in [0.05, 0.1) is 19.8 Å². The Balaban J connectivity index is 4.94. The molecular weight excluding hydrogens is 1070 g/mol. The Kier molecular flexibility index (Phi) is 59.5. The van der Waals surface area contributed by atoms with Crippen LogP contribution < -0.4 is 0 Å². The summed E-state index contributed by atoms with van der Waals surface area (Å²) in [5.74, 6) is -1.70. The molecule has 0 aliphatic rings. The first kappa shape index (κ1) is 78.6. The smallest absolute Gasteiger partial charge is 0.462 e. The first-order chi connectivity index (χ1) is 41.2. The summed E-state index contributed by atoms with van der Waals surface area (Å²) in [5.41, 5.74) is 0. The number of carbonyl (C=O) groups excluding carboxylic acids is 3. The molecule has 3 atom stereocenters. The first-order valence-electron chi connectivity index (χ1n) is 31.7. The first-order valence-corrected chi connectivity index (χ1v) is 33.2. The summed E-state index contributed by atoms with van der Waals surface area (Å²) in [6.45, 7) is 4.19. The molecule has 0 aromatic heterocycles. The fourth-order valence-corrected chi connectivity index (χ4v) is 8.37. The molecule has 0 amide bonds. The van der Waals surface area contributed by atoms with Gasteiger partial charge in [0.15, 0.2) is 6.10 Å². The highest BCUT2D eigenvalue weighted by Crippen LogP contribution is 2.43. The van der Waals surface area contributed by atoms with Crippen LogP contribution in [0.2, 0.25) is 0 Å². The summed E-state index contributed by atoms with van der Waals surface area (Å²) >= 11 is 0. The average Bonchev–Trinajstić information content (AvgIpc) is 3.54. The van der Waals surface area contributed by atoms with E-state index in [1.54, 1.807) is 0 Å². The Hall–Kier alpha value is -5.42. The van der Waals surface area contributed by atoms with Gasteiger partial charge in [-0.25, -0.2) is 4.57 Å². The van der Waals surface area contributed by atoms with Crippen molar-refractivity contribution >= 4 is 25.7 Å². The van der Waals surface area contributed by atoms with Crippen LogP contribution in [0, 0.1) is 0 Å². The van der Waals surface area contributed by atoms with Crippen LogP contribution >= 0.6 is 7.82 Å². The van der Waals surface area contributed by atoms with Gasteiger partial charge in [0.1, 0.15) is 12.7 Å². The molecule has 0 radical (unpaired) electrons. The molecule has 11 nitrogen and oxygen atoms in total. The van der Waals surface area contributed by atoms with E-state index in [2.05, 4.69) is 179 Å². The second-order valence-corrected chi connectivity index (χ2v) is 21.6. The summed E-state index contributed by atoms with van der Waals surface area (Å²) in [6.07, 6.45) is 87.3. The van der Waals surface area contributed by atoms with Crippen molar-refractivity contribution in [3.05, 3.63) is 182 Å². The lowest BCUT2D eigenvalue weighted by Gasteiger charge is -2.21. The zero-order valence-corrected chi connectivity index (χ0v) is 52.9. The normalized spacial score (nSPS) is 14.5. The predicted molar refractivity (Wildman–Crippen MR) is 352 cm³/mol. The third-order valence-corrected chi connectivity index (χ3v) is 13.3. The standard InChI is InChI=1S/C72H111O11P/c1-4-7-10-13-16-19-22-25-28-31-34-37-40-43-46-49-52-55-58-61-70(74)79-65-69(83-72(76)63-60-57-54-51-48-45-42-39-36-33-30-27-24-21-18-15-12-9-6-3)67-81-84(77,78)80-66-68(64-73)82-71(75)62-59-56-53-50-47-44-41-38-35-32-29-26-23-20-17-14-11-8-5-2/h8-9,11-12,16-21,25-30,34-39,44-45,47-48,53-54,56-57,68-69,73H,4-7,10,13-15,22-24,31-33,40-43,46,49-52,55,58-67H2,1-3H3,(H,77,78)/b11-8-,12-9-,19-16-,20-17-,21-18-,28-25-,29-26-,30-27-,37-34-,38-35-,39-36-,47-44-,48-45-,56-53-,57-54-. The highest BCUT2D eigenvalue weighted by atomic mass is 31.2. The number of phosphoric ester groups is 1. The Bertz CT molecular complexity index is 2110. The van der Waals surface area contributed by atoms with Gasteiger partial charge in [-0.1, -0.05) is 242 Å². The molecule has 12 heteroatoms. The fraction of sp³-hybridized carbons (Fsp3) is 0.542. The van der Waals surface area contributed by atoms with Crippen LogP contribution in [-0.4, -0.2) is 66.5 Å². The molecule has 0 saturated carbocycles. The van der Waals surface area contributed by atoms with Crippen molar-refractivity contribution in [1.29, 1.82) is 0 Å². The van der Waals surface area contributed by atoms with Crippen LogP contribution in [0.25, 0.3) is 0 Å². The number of allylic oxidation sites excluding steroid dienone is 30. The van der Waals surface area contributed by atoms with Crippen LogP contribution in [-0.2, 0) is 42.2 Å². The van der Waals surface area contributed by atoms with E-state index in [9.17, 15) is 28.9 Å². The van der Waals surface area contributed by atoms with Gasteiger partial charge in [0.2, 0.25) is 0 Å². The van der Waals surface area contributed by atoms with Crippen LogP contribution in [0.5, 0.6) is 0 Å². The minimum atomic E-state index is -4.81. The maximum Gasteiger partial charge on any atom is 0.472 e. The van der Waals surface area contributed by atoms with Gasteiger partial charge in [-0.3, -0.25) is 23.4 Å². The number of unbranched alkanes of at least 4 members (excludes halogenated alkanes) is 9. The average molecular weight is 1180 g/mol. The lowest BCUT2D eigenvalue weighted by Crippen LogP contribution is -2.30. The number of hydrogen-bond acceptors (Lipinski definition) is 10. The lowest BCUT2D eigenvalue weighted by atomic mass is 10.1. The van der Waals surface area contributed by atoms with Gasteiger partial charge >= 0.3 is 25.7 Å². The van der Waals surface area contributed by atoms with Crippen molar-refractivity contribution in [1.82, 2.24) is 0 Å². The fourth-order valence-electron chi connectivity index (χ4n) is 7.59. The monoisotopic (exact) mass is 1180 g/mol. The van der Waals surface area contributed by atoms with Crippen LogP contribution in [0.1, 0.15) is 213 Å². The molecule has 3 unspecified atom stereocenters. The van der Waals surface area contributed by atoms with Crippen molar-refractivity contribution < 1.29 is 52.2 Å². The Morgan fingerprint density at radius 3 is 1.00 bits per heavy atom. The number of rotatable bonds is 56. The van der Waals surface area contributed by atoms with Crippen molar-refractivity contribution in [2.75, 3.05) is 26.4 Å². The number of aliphatic hydroxyl groups is 1. The molecule has 0 heterocycles. The van der Waals surface area contributed by atoms with Gasteiger partial charge in [-0.15, -0.1) is 0 Å². The van der Waals surface area contributed by atoms with E-state index in [-0.39, 0.29) is 19.3 Å². The minimum Gasteiger partial charge on any atom is -0.462 e. The lowest BCUT2D eigenvalue weighted by molar-refractivity contribution is -0.161. The van der Waals surface area contributed by atoms with Gasteiger partial charge in [0, 0.05) is 19.3 Å². The van der Waals surface area contributed by atoms with E-state index in [1.165, 1.54) is 25.7 Å². The van der Waals surface area contributed by atoms with E-state index in [1.807, 2.05) is 24.3 Å². The number of esters is 3. The number of ether oxygens (including phenoxy) is 3. The minimum absolute atomic E-state index is 0.0224. The van der Waals surface area contributed by atoms with Crippen LogP contribution in [0.3, 0.4) is 0 Å². The number of phosphoric acid groups is 1. The Morgan fingerprint density at radius 1 is 0.345 bits per heavy atom. The molecule has 0 aromatic rings. The van der Waals surface area contributed by atoms with E-state index in [4.69, 9.17) is 23.3 Å². The molecule has 0 aliphatic carbocycles. The van der Waals surface area contributed by atoms with Crippen molar-refractivity contribution in [3.8, 4) is 0 Å². The molecule has 0 saturated heterocycles. The zero-order chi connectivity index (χ0) is 61.2. The molecule has 2 N–H and O–H groups in total. The maximum atomic E-state index is 13.0. The maximum absolute atomic E-state index is 13.0. The zero-order valence-electron chi connectivity index (χ0n) is 52.0. The molecule has 0 aliphatic heterocycles. The second kappa shape index (κ2) is 63.6.